The molecule has 0 saturated carbocycles. The van der Waals surface area contributed by atoms with E-state index in [0.717, 1.165) is 18.4 Å². The van der Waals surface area contributed by atoms with Crippen LogP contribution in [0, 0.1) is 5.92 Å². The second-order valence-corrected chi connectivity index (χ2v) is 8.68. The Bertz CT molecular complexity index is 1260. The summed E-state index contributed by atoms with van der Waals surface area (Å²) in [6.45, 7) is 4.00. The first kappa shape index (κ1) is 20.4. The third-order valence-electron chi connectivity index (χ3n) is 6.74. The quantitative estimate of drug-likeness (QED) is 0.595. The van der Waals surface area contributed by atoms with Crippen LogP contribution in [0.3, 0.4) is 0 Å². The summed E-state index contributed by atoms with van der Waals surface area (Å²) in [5, 5.41) is 4.61. The largest absolute Gasteiger partial charge is 0.338 e. The van der Waals surface area contributed by atoms with E-state index in [9.17, 15) is 14.4 Å². The molecule has 1 fully saturated rings. The predicted molar refractivity (Wildman–Crippen MR) is 121 cm³/mol. The minimum absolute atomic E-state index is 0.00417. The van der Waals surface area contributed by atoms with Gasteiger partial charge in [0.2, 0.25) is 0 Å². The molecular weight excluding hydrogens is 404 g/mol. The van der Waals surface area contributed by atoms with Crippen molar-refractivity contribution in [3.05, 3.63) is 97.8 Å². The van der Waals surface area contributed by atoms with Gasteiger partial charge >= 0.3 is 11.1 Å². The van der Waals surface area contributed by atoms with E-state index in [-0.39, 0.29) is 24.3 Å². The molecule has 7 nitrogen and oxygen atoms in total. The van der Waals surface area contributed by atoms with Crippen LogP contribution in [-0.4, -0.2) is 38.2 Å². The maximum atomic E-state index is 13.1. The van der Waals surface area contributed by atoms with Crippen molar-refractivity contribution in [1.29, 1.82) is 0 Å². The first-order chi connectivity index (χ1) is 15.5. The highest BCUT2D eigenvalue weighted by Crippen LogP contribution is 2.37. The molecule has 3 heterocycles. The molecule has 2 aliphatic rings. The SMILES string of the molecule is CCc1ccc(C(=O)N2CCC3Cn4c(nn(Cc5ccccc5)c(=O)c4=O)C3C2)cc1. The topological polar surface area (TPSA) is 77.2 Å². The smallest absolute Gasteiger partial charge is 0.332 e. The molecule has 5 rings (SSSR count). The van der Waals surface area contributed by atoms with Crippen molar-refractivity contribution in [2.45, 2.75) is 38.8 Å². The molecular formula is C25H26N4O3. The summed E-state index contributed by atoms with van der Waals surface area (Å²) in [6.07, 6.45) is 1.73. The highest BCUT2D eigenvalue weighted by molar-refractivity contribution is 5.94. The first-order valence-corrected chi connectivity index (χ1v) is 11.2. The van der Waals surface area contributed by atoms with Crippen LogP contribution in [0.1, 0.15) is 46.6 Å². The number of rotatable bonds is 4. The molecule has 3 aromatic rings. The van der Waals surface area contributed by atoms with E-state index >= 15 is 0 Å². The zero-order chi connectivity index (χ0) is 22.2. The number of nitrogens with zero attached hydrogens (tertiary/aromatic N) is 4. The van der Waals surface area contributed by atoms with Gasteiger partial charge in [0.15, 0.2) is 0 Å². The van der Waals surface area contributed by atoms with Crippen LogP contribution in [0.2, 0.25) is 0 Å². The number of piperidine rings is 1. The highest BCUT2D eigenvalue weighted by Gasteiger charge is 2.41. The number of aromatic nitrogens is 3. The van der Waals surface area contributed by atoms with Gasteiger partial charge in [-0.3, -0.25) is 19.0 Å². The van der Waals surface area contributed by atoms with Gasteiger partial charge in [0.25, 0.3) is 5.91 Å². The van der Waals surface area contributed by atoms with Crippen LogP contribution in [-0.2, 0) is 19.5 Å². The van der Waals surface area contributed by atoms with Gasteiger partial charge in [-0.2, -0.15) is 5.10 Å². The van der Waals surface area contributed by atoms with Crippen molar-refractivity contribution in [3.8, 4) is 0 Å². The lowest BCUT2D eigenvalue weighted by Gasteiger charge is -2.34. The number of carbonyl (C=O) groups excluding carboxylic acids is 1. The second-order valence-electron chi connectivity index (χ2n) is 8.68. The molecule has 1 amide bonds. The summed E-state index contributed by atoms with van der Waals surface area (Å²) in [4.78, 5) is 40.4. The number of benzene rings is 2. The molecule has 0 bridgehead atoms. The van der Waals surface area contributed by atoms with E-state index in [1.54, 1.807) is 0 Å². The fraction of sp³-hybridized carbons (Fsp3) is 0.360. The minimum Gasteiger partial charge on any atom is -0.338 e. The molecule has 1 aromatic heterocycles. The zero-order valence-electron chi connectivity index (χ0n) is 18.1. The lowest BCUT2D eigenvalue weighted by Crippen LogP contribution is -2.44. The third kappa shape index (κ3) is 3.57. The summed E-state index contributed by atoms with van der Waals surface area (Å²) in [6, 6.07) is 17.3. The molecule has 7 heteroatoms. The van der Waals surface area contributed by atoms with Gasteiger partial charge in [-0.25, -0.2) is 4.68 Å². The van der Waals surface area contributed by atoms with Gasteiger partial charge in [-0.1, -0.05) is 49.4 Å². The Morgan fingerprint density at radius 3 is 2.44 bits per heavy atom. The second kappa shape index (κ2) is 8.22. The molecule has 2 unspecified atom stereocenters. The Hall–Kier alpha value is -3.48. The first-order valence-electron chi connectivity index (χ1n) is 11.2. The number of aryl methyl sites for hydroxylation is 1. The predicted octanol–water partition coefficient (Wildman–Crippen LogP) is 2.28. The van der Waals surface area contributed by atoms with Crippen molar-refractivity contribution >= 4 is 5.91 Å². The average Bonchev–Trinajstić information content (AvgIpc) is 3.20. The lowest BCUT2D eigenvalue weighted by molar-refractivity contribution is 0.0667. The van der Waals surface area contributed by atoms with Gasteiger partial charge in [0.05, 0.1) is 6.54 Å². The maximum absolute atomic E-state index is 13.1. The fourth-order valence-corrected chi connectivity index (χ4v) is 4.86. The monoisotopic (exact) mass is 430 g/mol. The molecule has 32 heavy (non-hydrogen) atoms. The Morgan fingerprint density at radius 1 is 0.969 bits per heavy atom. The number of likely N-dealkylation sites (tertiary alicyclic amines) is 1. The summed E-state index contributed by atoms with van der Waals surface area (Å²) >= 11 is 0. The van der Waals surface area contributed by atoms with Crippen LogP contribution in [0.5, 0.6) is 0 Å². The van der Waals surface area contributed by atoms with E-state index in [4.69, 9.17) is 0 Å². The molecule has 2 aromatic carbocycles. The molecule has 0 spiro atoms. The number of hydrogen-bond donors (Lipinski definition) is 0. The molecule has 0 N–H and O–H groups in total. The van der Waals surface area contributed by atoms with E-state index in [1.165, 1.54) is 14.8 Å². The van der Waals surface area contributed by atoms with Crippen LogP contribution in [0.25, 0.3) is 0 Å². The fourth-order valence-electron chi connectivity index (χ4n) is 4.86. The molecule has 2 atom stereocenters. The van der Waals surface area contributed by atoms with Gasteiger partial charge in [-0.05, 0) is 42.0 Å². The molecule has 2 aliphatic heterocycles. The van der Waals surface area contributed by atoms with Crippen molar-refractivity contribution in [3.63, 3.8) is 0 Å². The average molecular weight is 431 g/mol. The van der Waals surface area contributed by atoms with Crippen LogP contribution in [0.15, 0.2) is 64.2 Å². The number of fused-ring (bicyclic) bond motifs is 3. The molecule has 1 saturated heterocycles. The standard InChI is InChI=1S/C25H26N4O3/c1-2-17-8-10-19(11-9-17)23(30)27-13-12-20-15-28-22(21(20)16-27)26-29(25(32)24(28)31)14-18-6-4-3-5-7-18/h3-11,20-21H,2,12-16H2,1H3. The summed E-state index contributed by atoms with van der Waals surface area (Å²) < 4.78 is 2.80. The molecule has 0 aliphatic carbocycles. The number of carbonyl (C=O) groups is 1. The van der Waals surface area contributed by atoms with Crippen LogP contribution < -0.4 is 11.1 Å². The van der Waals surface area contributed by atoms with Gasteiger partial charge in [0, 0.05) is 31.1 Å². The summed E-state index contributed by atoms with van der Waals surface area (Å²) in [5.74, 6) is 0.797. The van der Waals surface area contributed by atoms with Gasteiger partial charge < -0.3 is 4.90 Å². The van der Waals surface area contributed by atoms with E-state index < -0.39 is 11.1 Å². The van der Waals surface area contributed by atoms with Crippen molar-refractivity contribution in [2.75, 3.05) is 13.1 Å². The Labute approximate surface area is 185 Å². The molecule has 0 radical (unpaired) electrons. The minimum atomic E-state index is -0.597. The normalized spacial score (nSPS) is 19.5. The Kier molecular flexibility index (Phi) is 5.25. The van der Waals surface area contributed by atoms with Gasteiger partial charge in [-0.15, -0.1) is 0 Å². The summed E-state index contributed by atoms with van der Waals surface area (Å²) in [5.41, 5.74) is 1.67. The Morgan fingerprint density at radius 2 is 1.72 bits per heavy atom. The van der Waals surface area contributed by atoms with Gasteiger partial charge in [0.1, 0.15) is 5.82 Å². The van der Waals surface area contributed by atoms with E-state index in [1.807, 2.05) is 59.5 Å². The van der Waals surface area contributed by atoms with Crippen LogP contribution in [0.4, 0.5) is 0 Å². The van der Waals surface area contributed by atoms with Crippen molar-refractivity contribution < 1.29 is 4.79 Å². The number of hydrogen-bond acceptors (Lipinski definition) is 4. The van der Waals surface area contributed by atoms with E-state index in [0.29, 0.717) is 31.0 Å². The zero-order valence-corrected chi connectivity index (χ0v) is 18.1. The van der Waals surface area contributed by atoms with Crippen LogP contribution >= 0.6 is 0 Å². The Balaban J connectivity index is 1.43. The maximum Gasteiger partial charge on any atom is 0.332 e. The lowest BCUT2D eigenvalue weighted by atomic mass is 9.87. The van der Waals surface area contributed by atoms with Crippen molar-refractivity contribution in [2.24, 2.45) is 5.92 Å². The van der Waals surface area contributed by atoms with Crippen molar-refractivity contribution in [1.82, 2.24) is 19.2 Å². The third-order valence-corrected chi connectivity index (χ3v) is 6.74. The molecule has 164 valence electrons. The van der Waals surface area contributed by atoms with E-state index in [2.05, 4.69) is 12.0 Å². The summed E-state index contributed by atoms with van der Waals surface area (Å²) in [7, 11) is 0. The number of amides is 1. The highest BCUT2D eigenvalue weighted by atomic mass is 16.2.